The van der Waals surface area contributed by atoms with Gasteiger partial charge >= 0.3 is 5.69 Å². The molecule has 0 saturated heterocycles. The number of pyridine rings is 1. The fourth-order valence-electron chi connectivity index (χ4n) is 2.35. The SMILES string of the molecule is Cn1c(-c2ccccc2)nn(CCNS(=O)(=O)c2cccnc2)c1=O. The minimum absolute atomic E-state index is 0.0440. The molecular weight excluding hydrogens is 342 g/mol. The summed E-state index contributed by atoms with van der Waals surface area (Å²) in [6, 6.07) is 12.3. The number of nitrogens with one attached hydrogen (secondary N) is 1. The van der Waals surface area contributed by atoms with Crippen LogP contribution >= 0.6 is 0 Å². The summed E-state index contributed by atoms with van der Waals surface area (Å²) in [4.78, 5) is 16.1. The summed E-state index contributed by atoms with van der Waals surface area (Å²) < 4.78 is 29.4. The highest BCUT2D eigenvalue weighted by Crippen LogP contribution is 2.13. The summed E-state index contributed by atoms with van der Waals surface area (Å²) in [5, 5.41) is 4.29. The standard InChI is InChI=1S/C16H17N5O3S/c1-20-15(13-6-3-2-4-7-13)19-21(16(20)22)11-10-18-25(23,24)14-8-5-9-17-12-14/h2-9,12,18H,10-11H2,1H3. The second-order valence-electron chi connectivity index (χ2n) is 5.34. The molecule has 2 aromatic heterocycles. The lowest BCUT2D eigenvalue weighted by atomic mass is 10.2. The number of hydrogen-bond acceptors (Lipinski definition) is 5. The predicted molar refractivity (Wildman–Crippen MR) is 92.3 cm³/mol. The van der Waals surface area contributed by atoms with E-state index >= 15 is 0 Å². The van der Waals surface area contributed by atoms with Gasteiger partial charge in [-0.2, -0.15) is 0 Å². The van der Waals surface area contributed by atoms with Crippen molar-refractivity contribution in [1.29, 1.82) is 0 Å². The Morgan fingerprint density at radius 2 is 1.88 bits per heavy atom. The molecule has 0 aliphatic rings. The van der Waals surface area contributed by atoms with Gasteiger partial charge in [-0.05, 0) is 12.1 Å². The van der Waals surface area contributed by atoms with Crippen LogP contribution in [0.3, 0.4) is 0 Å². The van der Waals surface area contributed by atoms with Gasteiger partial charge in [-0.3, -0.25) is 9.55 Å². The summed E-state index contributed by atoms with van der Waals surface area (Å²) in [6.07, 6.45) is 2.76. The Bertz CT molecular complexity index is 1010. The maximum atomic E-state index is 12.3. The van der Waals surface area contributed by atoms with Crippen molar-refractivity contribution in [1.82, 2.24) is 24.1 Å². The van der Waals surface area contributed by atoms with Crippen LogP contribution in [-0.4, -0.2) is 34.3 Å². The predicted octanol–water partition coefficient (Wildman–Crippen LogP) is 0.622. The van der Waals surface area contributed by atoms with Crippen LogP contribution < -0.4 is 10.4 Å². The van der Waals surface area contributed by atoms with E-state index in [4.69, 9.17) is 0 Å². The Hall–Kier alpha value is -2.78. The molecule has 0 aliphatic heterocycles. The van der Waals surface area contributed by atoms with E-state index in [0.717, 1.165) is 5.56 Å². The molecule has 0 radical (unpaired) electrons. The second-order valence-corrected chi connectivity index (χ2v) is 7.11. The Morgan fingerprint density at radius 3 is 2.56 bits per heavy atom. The quantitative estimate of drug-likeness (QED) is 0.696. The largest absolute Gasteiger partial charge is 0.345 e. The van der Waals surface area contributed by atoms with Crippen LogP contribution in [0, 0.1) is 0 Å². The molecular formula is C16H17N5O3S. The molecule has 0 aliphatic carbocycles. The van der Waals surface area contributed by atoms with Gasteiger partial charge in [0.1, 0.15) is 4.90 Å². The molecule has 0 atom stereocenters. The van der Waals surface area contributed by atoms with Gasteiger partial charge in [0.25, 0.3) is 0 Å². The Balaban J connectivity index is 1.74. The first-order chi connectivity index (χ1) is 12.0. The van der Waals surface area contributed by atoms with Crippen molar-refractivity contribution in [2.24, 2.45) is 7.05 Å². The highest BCUT2D eigenvalue weighted by atomic mass is 32.2. The van der Waals surface area contributed by atoms with Crippen LogP contribution in [0.25, 0.3) is 11.4 Å². The summed E-state index contributed by atoms with van der Waals surface area (Å²) in [7, 11) is -2.03. The zero-order valence-electron chi connectivity index (χ0n) is 13.5. The van der Waals surface area contributed by atoms with Gasteiger partial charge in [0, 0.05) is 31.5 Å². The molecule has 25 heavy (non-hydrogen) atoms. The maximum absolute atomic E-state index is 12.3. The second kappa shape index (κ2) is 6.99. The van der Waals surface area contributed by atoms with E-state index < -0.39 is 10.0 Å². The number of aromatic nitrogens is 4. The van der Waals surface area contributed by atoms with Gasteiger partial charge in [0.05, 0.1) is 6.54 Å². The molecule has 3 aromatic rings. The molecule has 3 rings (SSSR count). The topological polar surface area (TPSA) is 98.9 Å². The van der Waals surface area contributed by atoms with Gasteiger partial charge in [0.15, 0.2) is 5.82 Å². The van der Waals surface area contributed by atoms with Gasteiger partial charge in [-0.15, -0.1) is 5.10 Å². The number of sulfonamides is 1. The van der Waals surface area contributed by atoms with Crippen molar-refractivity contribution in [3.05, 3.63) is 65.3 Å². The fraction of sp³-hybridized carbons (Fsp3) is 0.188. The number of nitrogens with zero attached hydrogens (tertiary/aromatic N) is 4. The van der Waals surface area contributed by atoms with Crippen LogP contribution in [0.2, 0.25) is 0 Å². The Labute approximate surface area is 144 Å². The molecule has 0 spiro atoms. The lowest BCUT2D eigenvalue weighted by Crippen LogP contribution is -2.31. The molecule has 8 nitrogen and oxygen atoms in total. The smallest absolute Gasteiger partial charge is 0.278 e. The Morgan fingerprint density at radius 1 is 1.12 bits per heavy atom. The molecule has 0 amide bonds. The summed E-state index contributed by atoms with van der Waals surface area (Å²) in [5.74, 6) is 0.528. The van der Waals surface area contributed by atoms with Crippen LogP contribution in [-0.2, 0) is 23.6 Å². The maximum Gasteiger partial charge on any atom is 0.345 e. The summed E-state index contributed by atoms with van der Waals surface area (Å²) in [5.41, 5.74) is 0.510. The van der Waals surface area contributed by atoms with E-state index in [1.54, 1.807) is 13.1 Å². The highest BCUT2D eigenvalue weighted by Gasteiger charge is 2.15. The van der Waals surface area contributed by atoms with Crippen LogP contribution in [0.1, 0.15) is 0 Å². The van der Waals surface area contributed by atoms with Crippen LogP contribution in [0.5, 0.6) is 0 Å². The number of rotatable bonds is 6. The van der Waals surface area contributed by atoms with Crippen molar-refractivity contribution in [3.63, 3.8) is 0 Å². The lowest BCUT2D eigenvalue weighted by molar-refractivity contribution is 0.550. The molecule has 2 heterocycles. The van der Waals surface area contributed by atoms with Crippen molar-refractivity contribution in [2.75, 3.05) is 6.54 Å². The molecule has 0 unspecified atom stereocenters. The first-order valence-electron chi connectivity index (χ1n) is 7.58. The van der Waals surface area contributed by atoms with Crippen molar-refractivity contribution < 1.29 is 8.42 Å². The minimum atomic E-state index is -3.66. The average molecular weight is 359 g/mol. The normalized spacial score (nSPS) is 11.6. The summed E-state index contributed by atoms with van der Waals surface area (Å²) in [6.45, 7) is 0.168. The minimum Gasteiger partial charge on any atom is -0.278 e. The van der Waals surface area contributed by atoms with Gasteiger partial charge in [-0.1, -0.05) is 30.3 Å². The average Bonchev–Trinajstić information content (AvgIpc) is 2.92. The lowest BCUT2D eigenvalue weighted by Gasteiger charge is -2.05. The van der Waals surface area contributed by atoms with E-state index in [2.05, 4.69) is 14.8 Å². The van der Waals surface area contributed by atoms with E-state index in [-0.39, 0.29) is 23.7 Å². The summed E-state index contributed by atoms with van der Waals surface area (Å²) >= 11 is 0. The van der Waals surface area contributed by atoms with E-state index in [1.165, 1.54) is 27.7 Å². The highest BCUT2D eigenvalue weighted by molar-refractivity contribution is 7.89. The molecule has 9 heteroatoms. The zero-order valence-corrected chi connectivity index (χ0v) is 14.3. The first-order valence-corrected chi connectivity index (χ1v) is 9.06. The van der Waals surface area contributed by atoms with Crippen LogP contribution in [0.4, 0.5) is 0 Å². The van der Waals surface area contributed by atoms with Crippen molar-refractivity contribution in [3.8, 4) is 11.4 Å². The first kappa shape index (κ1) is 17.1. The van der Waals surface area contributed by atoms with Crippen molar-refractivity contribution in [2.45, 2.75) is 11.4 Å². The third kappa shape index (κ3) is 3.67. The van der Waals surface area contributed by atoms with Gasteiger partial charge in [-0.25, -0.2) is 22.6 Å². The zero-order chi connectivity index (χ0) is 17.9. The fourth-order valence-corrected chi connectivity index (χ4v) is 3.33. The van der Waals surface area contributed by atoms with E-state index in [1.807, 2.05) is 30.3 Å². The molecule has 0 bridgehead atoms. The molecule has 130 valence electrons. The van der Waals surface area contributed by atoms with Gasteiger partial charge < -0.3 is 0 Å². The van der Waals surface area contributed by atoms with Crippen molar-refractivity contribution >= 4 is 10.0 Å². The number of benzene rings is 1. The van der Waals surface area contributed by atoms with Gasteiger partial charge in [0.2, 0.25) is 10.0 Å². The molecule has 0 saturated carbocycles. The Kier molecular flexibility index (Phi) is 4.77. The van der Waals surface area contributed by atoms with E-state index in [9.17, 15) is 13.2 Å². The monoisotopic (exact) mass is 359 g/mol. The van der Waals surface area contributed by atoms with Crippen LogP contribution in [0.15, 0.2) is 64.5 Å². The molecule has 1 N–H and O–H groups in total. The third-order valence-corrected chi connectivity index (χ3v) is 5.08. The van der Waals surface area contributed by atoms with E-state index in [0.29, 0.717) is 5.82 Å². The third-order valence-electron chi connectivity index (χ3n) is 3.63. The molecule has 0 fully saturated rings. The number of hydrogen-bond donors (Lipinski definition) is 1. The molecule has 1 aromatic carbocycles.